The molecule has 0 aliphatic carbocycles. The molecule has 5 nitrogen and oxygen atoms in total. The van der Waals surface area contributed by atoms with E-state index in [0.29, 0.717) is 38.7 Å². The number of likely N-dealkylation sites (tertiary alicyclic amines) is 1. The van der Waals surface area contributed by atoms with Crippen LogP contribution in [-0.2, 0) is 19.1 Å². The van der Waals surface area contributed by atoms with Crippen LogP contribution in [0.25, 0.3) is 0 Å². The van der Waals surface area contributed by atoms with Gasteiger partial charge in [0.15, 0.2) is 0 Å². The molecule has 1 heterocycles. The number of hydrogen-bond acceptors (Lipinski definition) is 5. The molecule has 0 spiro atoms. The molecule has 0 aromatic carbocycles. The van der Waals surface area contributed by atoms with Crippen molar-refractivity contribution in [2.45, 2.75) is 25.5 Å². The number of ether oxygens (including phenoxy) is 2. The third kappa shape index (κ3) is 5.50. The van der Waals surface area contributed by atoms with Gasteiger partial charge in [0.1, 0.15) is 0 Å². The zero-order chi connectivity index (χ0) is 14.3. The van der Waals surface area contributed by atoms with E-state index in [0.717, 1.165) is 6.61 Å². The van der Waals surface area contributed by atoms with E-state index in [1.54, 1.807) is 0 Å². The zero-order valence-corrected chi connectivity index (χ0v) is 12.7. The summed E-state index contributed by atoms with van der Waals surface area (Å²) in [6.07, 6.45) is 2.17. The van der Waals surface area contributed by atoms with Crippen molar-refractivity contribution in [3.05, 3.63) is 0 Å². The largest absolute Gasteiger partial charge is 0.379 e. The second-order valence-electron chi connectivity index (χ2n) is 4.89. The number of imide groups is 1. The minimum absolute atomic E-state index is 0.0860. The molecule has 0 aromatic rings. The highest BCUT2D eigenvalue weighted by Crippen LogP contribution is 2.22. The molecule has 19 heavy (non-hydrogen) atoms. The summed E-state index contributed by atoms with van der Waals surface area (Å²) >= 11 is 1.43. The van der Waals surface area contributed by atoms with Gasteiger partial charge in [-0.15, -0.1) is 0 Å². The third-order valence-electron chi connectivity index (χ3n) is 2.77. The number of carbonyl (C=O) groups is 2. The van der Waals surface area contributed by atoms with Gasteiger partial charge in [-0.3, -0.25) is 14.5 Å². The maximum absolute atomic E-state index is 11.8. The van der Waals surface area contributed by atoms with Crippen LogP contribution < -0.4 is 0 Å². The van der Waals surface area contributed by atoms with E-state index in [1.165, 1.54) is 16.7 Å². The summed E-state index contributed by atoms with van der Waals surface area (Å²) in [5, 5.41) is -0.207. The maximum Gasteiger partial charge on any atom is 0.242 e. The lowest BCUT2D eigenvalue weighted by Gasteiger charge is -2.14. The van der Waals surface area contributed by atoms with Crippen LogP contribution in [0.15, 0.2) is 0 Å². The van der Waals surface area contributed by atoms with E-state index in [-0.39, 0.29) is 17.1 Å². The van der Waals surface area contributed by atoms with Crippen LogP contribution in [-0.4, -0.2) is 61.2 Å². The molecule has 0 aromatic heterocycles. The van der Waals surface area contributed by atoms with Gasteiger partial charge in [-0.25, -0.2) is 0 Å². The Bertz CT molecular complexity index is 309. The minimum atomic E-state index is -0.207. The Hall–Kier alpha value is -0.590. The highest BCUT2D eigenvalue weighted by molar-refractivity contribution is 8.00. The quantitative estimate of drug-likeness (QED) is 0.471. The standard InChI is InChI=1S/C13H23NO4S/c1-10(2)9-18-7-6-17-5-4-14-12(15)8-11(19-3)13(14)16/h10-11H,4-9H2,1-3H3. The lowest BCUT2D eigenvalue weighted by molar-refractivity contribution is -0.139. The van der Waals surface area contributed by atoms with Gasteiger partial charge < -0.3 is 9.47 Å². The molecule has 1 aliphatic rings. The molecule has 1 fully saturated rings. The van der Waals surface area contributed by atoms with Gasteiger partial charge in [-0.2, -0.15) is 11.8 Å². The normalized spacial score (nSPS) is 19.8. The summed E-state index contributed by atoms with van der Waals surface area (Å²) in [4.78, 5) is 24.7. The zero-order valence-electron chi connectivity index (χ0n) is 11.9. The highest BCUT2D eigenvalue weighted by Gasteiger charge is 2.37. The van der Waals surface area contributed by atoms with Crippen LogP contribution in [0.2, 0.25) is 0 Å². The molecule has 2 amide bonds. The van der Waals surface area contributed by atoms with Crippen LogP contribution in [0.3, 0.4) is 0 Å². The molecule has 0 N–H and O–H groups in total. The summed E-state index contributed by atoms with van der Waals surface area (Å²) in [5.41, 5.74) is 0. The fourth-order valence-electron chi connectivity index (χ4n) is 1.77. The van der Waals surface area contributed by atoms with Gasteiger partial charge >= 0.3 is 0 Å². The monoisotopic (exact) mass is 289 g/mol. The molecular weight excluding hydrogens is 266 g/mol. The number of nitrogens with zero attached hydrogens (tertiary/aromatic N) is 1. The number of thioether (sulfide) groups is 1. The molecule has 0 saturated carbocycles. The molecule has 110 valence electrons. The summed E-state index contributed by atoms with van der Waals surface area (Å²) in [6.45, 7) is 6.67. The smallest absolute Gasteiger partial charge is 0.242 e. The van der Waals surface area contributed by atoms with Crippen molar-refractivity contribution in [3.63, 3.8) is 0 Å². The Labute approximate surface area is 119 Å². The lowest BCUT2D eigenvalue weighted by Crippen LogP contribution is -2.34. The summed E-state index contributed by atoms with van der Waals surface area (Å²) < 4.78 is 10.7. The first kappa shape index (κ1) is 16.5. The molecule has 1 unspecified atom stereocenters. The van der Waals surface area contributed by atoms with E-state index in [4.69, 9.17) is 9.47 Å². The van der Waals surface area contributed by atoms with Crippen LogP contribution in [0.5, 0.6) is 0 Å². The van der Waals surface area contributed by atoms with E-state index in [9.17, 15) is 9.59 Å². The molecule has 0 radical (unpaired) electrons. The van der Waals surface area contributed by atoms with Gasteiger partial charge in [0.05, 0.1) is 31.6 Å². The second kappa shape index (κ2) is 8.55. The lowest BCUT2D eigenvalue weighted by atomic mass is 10.2. The van der Waals surface area contributed by atoms with Crippen LogP contribution in [0, 0.1) is 5.92 Å². The molecule has 1 rings (SSSR count). The van der Waals surface area contributed by atoms with E-state index >= 15 is 0 Å². The van der Waals surface area contributed by atoms with Crippen molar-refractivity contribution in [2.75, 3.05) is 39.2 Å². The molecular formula is C13H23NO4S. The van der Waals surface area contributed by atoms with Crippen LogP contribution in [0.1, 0.15) is 20.3 Å². The van der Waals surface area contributed by atoms with Crippen molar-refractivity contribution in [1.82, 2.24) is 4.90 Å². The predicted molar refractivity (Wildman–Crippen MR) is 75.1 cm³/mol. The molecule has 6 heteroatoms. The van der Waals surface area contributed by atoms with Crippen molar-refractivity contribution in [2.24, 2.45) is 5.92 Å². The van der Waals surface area contributed by atoms with Crippen molar-refractivity contribution < 1.29 is 19.1 Å². The minimum Gasteiger partial charge on any atom is -0.379 e. The Morgan fingerprint density at radius 2 is 1.95 bits per heavy atom. The summed E-state index contributed by atoms with van der Waals surface area (Å²) in [6, 6.07) is 0. The van der Waals surface area contributed by atoms with Gasteiger partial charge in [0.25, 0.3) is 0 Å². The number of carbonyl (C=O) groups excluding carboxylic acids is 2. The molecule has 1 atom stereocenters. The highest BCUT2D eigenvalue weighted by atomic mass is 32.2. The summed E-state index contributed by atoms with van der Waals surface area (Å²) in [7, 11) is 0. The van der Waals surface area contributed by atoms with Crippen molar-refractivity contribution >= 4 is 23.6 Å². The van der Waals surface area contributed by atoms with Crippen LogP contribution in [0.4, 0.5) is 0 Å². The number of hydrogen-bond donors (Lipinski definition) is 0. The Balaban J connectivity index is 2.09. The Morgan fingerprint density at radius 1 is 1.26 bits per heavy atom. The van der Waals surface area contributed by atoms with Gasteiger partial charge in [-0.1, -0.05) is 13.8 Å². The first-order chi connectivity index (χ1) is 9.06. The maximum atomic E-state index is 11.8. The van der Waals surface area contributed by atoms with E-state index < -0.39 is 0 Å². The van der Waals surface area contributed by atoms with Gasteiger partial charge in [-0.05, 0) is 12.2 Å². The molecule has 0 bridgehead atoms. The van der Waals surface area contributed by atoms with Crippen molar-refractivity contribution in [1.29, 1.82) is 0 Å². The van der Waals surface area contributed by atoms with Gasteiger partial charge in [0.2, 0.25) is 11.8 Å². The first-order valence-corrected chi connectivity index (χ1v) is 7.87. The Kier molecular flexibility index (Phi) is 7.41. The first-order valence-electron chi connectivity index (χ1n) is 6.58. The summed E-state index contributed by atoms with van der Waals surface area (Å²) in [5.74, 6) is 0.337. The fourth-order valence-corrected chi connectivity index (χ4v) is 2.40. The Morgan fingerprint density at radius 3 is 2.53 bits per heavy atom. The number of amides is 2. The SMILES string of the molecule is CSC1CC(=O)N(CCOCCOCC(C)C)C1=O. The topological polar surface area (TPSA) is 55.8 Å². The average Bonchev–Trinajstić information content (AvgIpc) is 2.64. The van der Waals surface area contributed by atoms with E-state index in [1.807, 2.05) is 6.26 Å². The molecule has 1 aliphatic heterocycles. The third-order valence-corrected chi connectivity index (χ3v) is 3.71. The van der Waals surface area contributed by atoms with Crippen molar-refractivity contribution in [3.8, 4) is 0 Å². The van der Waals surface area contributed by atoms with Crippen LogP contribution >= 0.6 is 11.8 Å². The second-order valence-corrected chi connectivity index (χ2v) is 5.93. The van der Waals surface area contributed by atoms with E-state index in [2.05, 4.69) is 13.8 Å². The average molecular weight is 289 g/mol. The van der Waals surface area contributed by atoms with Gasteiger partial charge in [0, 0.05) is 13.0 Å². The fraction of sp³-hybridized carbons (Fsp3) is 0.846. The molecule has 1 saturated heterocycles. The predicted octanol–water partition coefficient (Wildman–Crippen LogP) is 1.17. The number of rotatable bonds is 9.